The van der Waals surface area contributed by atoms with Crippen molar-refractivity contribution < 1.29 is 30.0 Å². The maximum Gasteiger partial charge on any atom is 0.238 e. The van der Waals surface area contributed by atoms with E-state index in [-0.39, 0.29) is 12.8 Å². The Hall–Kier alpha value is 0.450. The number of hydrogen-bond acceptors (Lipinski definition) is 6. The molecule has 0 radical (unpaired) electrons. The van der Waals surface area contributed by atoms with E-state index in [4.69, 9.17) is 21.7 Å². The molecule has 1 rings (SSSR count). The van der Waals surface area contributed by atoms with Crippen LogP contribution in [0.4, 0.5) is 0 Å². The second-order valence-corrected chi connectivity index (χ2v) is 9.55. The van der Waals surface area contributed by atoms with Crippen molar-refractivity contribution >= 4 is 79.6 Å². The van der Waals surface area contributed by atoms with Gasteiger partial charge in [-0.1, -0.05) is 22.6 Å². The van der Waals surface area contributed by atoms with Gasteiger partial charge in [0, 0.05) is 13.6 Å². The molecule has 0 aromatic heterocycles. The fourth-order valence-electron chi connectivity index (χ4n) is 2.61. The van der Waals surface area contributed by atoms with Gasteiger partial charge in [-0.05, 0) is 62.7 Å². The van der Waals surface area contributed by atoms with Gasteiger partial charge >= 0.3 is 0 Å². The number of allylic oxidation sites excluding steroid dienone is 1. The van der Waals surface area contributed by atoms with E-state index in [2.05, 4.69) is 0 Å². The molecule has 142 valence electrons. The minimum absolute atomic E-state index is 0.0427. The van der Waals surface area contributed by atoms with Gasteiger partial charge < -0.3 is 31.9 Å². The summed E-state index contributed by atoms with van der Waals surface area (Å²) in [6.07, 6.45) is -2.26. The third-order valence-corrected chi connectivity index (χ3v) is 8.23. The van der Waals surface area contributed by atoms with Crippen molar-refractivity contribution in [3.05, 3.63) is 18.3 Å². The summed E-state index contributed by atoms with van der Waals surface area (Å²) in [5.74, 6) is -2.64. The van der Waals surface area contributed by atoms with E-state index in [0.717, 1.165) is 0 Å². The molecule has 1 aliphatic rings. The van der Waals surface area contributed by atoms with Gasteiger partial charge in [-0.3, -0.25) is 9.59 Å². The smallest absolute Gasteiger partial charge is 0.238 e. The zero-order valence-corrected chi connectivity index (χ0v) is 19.4. The van der Waals surface area contributed by atoms with E-state index in [1.54, 1.807) is 22.6 Å². The summed E-state index contributed by atoms with van der Waals surface area (Å²) in [5, 5.41) is 38.0. The number of halogens is 3. The minimum atomic E-state index is -1.50. The maximum atomic E-state index is 12.3. The highest BCUT2D eigenvalue weighted by Crippen LogP contribution is 2.53. The lowest BCUT2D eigenvalue weighted by Crippen LogP contribution is -2.53. The monoisotopic (exact) mass is 692 g/mol. The Morgan fingerprint density at radius 1 is 1.08 bits per heavy atom. The average Bonchev–Trinajstić information content (AvgIpc) is 2.54. The van der Waals surface area contributed by atoms with E-state index in [0.29, 0.717) is 18.3 Å². The summed E-state index contributed by atoms with van der Waals surface area (Å²) in [5.41, 5.74) is 12.0. The van der Waals surface area contributed by atoms with Crippen LogP contribution in [0.25, 0.3) is 0 Å². The quantitative estimate of drug-likeness (QED) is 0.150. The number of amides is 2. The molecule has 25 heavy (non-hydrogen) atoms. The SMILES string of the molecule is NC(=O)C1C(I)=C(CC(O)CO)C(I)=C(CC(O)CO)C1(I)C(N)=O. The van der Waals surface area contributed by atoms with Crippen LogP contribution >= 0.6 is 67.8 Å². The molecule has 0 aliphatic heterocycles. The molecule has 0 heterocycles. The normalized spacial score (nSPS) is 26.6. The van der Waals surface area contributed by atoms with Crippen molar-refractivity contribution in [2.45, 2.75) is 28.5 Å². The van der Waals surface area contributed by atoms with Crippen molar-refractivity contribution in [3.8, 4) is 0 Å². The van der Waals surface area contributed by atoms with Gasteiger partial charge in [0.05, 0.1) is 31.3 Å². The molecule has 0 aromatic carbocycles. The molecule has 0 saturated carbocycles. The summed E-state index contributed by atoms with van der Waals surface area (Å²) in [6, 6.07) is 0. The van der Waals surface area contributed by atoms with Crippen LogP contribution in [0, 0.1) is 5.92 Å². The van der Waals surface area contributed by atoms with E-state index in [9.17, 15) is 19.8 Å². The number of hydrogen-bond donors (Lipinski definition) is 6. The Morgan fingerprint density at radius 3 is 1.96 bits per heavy atom. The number of primary amides is 2. The molecule has 8 N–H and O–H groups in total. The predicted octanol–water partition coefficient (Wildman–Crippen LogP) is -0.375. The summed E-state index contributed by atoms with van der Waals surface area (Å²) in [4.78, 5) is 24.4. The zero-order chi connectivity index (χ0) is 19.5. The molecule has 0 saturated heterocycles. The van der Waals surface area contributed by atoms with Gasteiger partial charge in [-0.15, -0.1) is 0 Å². The van der Waals surface area contributed by atoms with Crippen LogP contribution in [0.3, 0.4) is 0 Å². The molecule has 0 spiro atoms. The van der Waals surface area contributed by atoms with E-state index < -0.39 is 46.6 Å². The molecule has 11 heteroatoms. The molecule has 4 unspecified atom stereocenters. The third-order valence-electron chi connectivity index (χ3n) is 3.85. The highest BCUT2D eigenvalue weighted by Gasteiger charge is 2.53. The van der Waals surface area contributed by atoms with Crippen LogP contribution in [0.15, 0.2) is 18.3 Å². The first-order chi connectivity index (χ1) is 11.5. The molecule has 0 aromatic rings. The Bertz CT molecular complexity index is 624. The van der Waals surface area contributed by atoms with Crippen LogP contribution < -0.4 is 11.5 Å². The average molecular weight is 692 g/mol. The van der Waals surface area contributed by atoms with E-state index in [1.807, 2.05) is 45.2 Å². The van der Waals surface area contributed by atoms with Gasteiger partial charge in [0.2, 0.25) is 11.8 Å². The van der Waals surface area contributed by atoms with Crippen LogP contribution in [0.1, 0.15) is 12.8 Å². The standard InChI is InChI=1S/C14H19I3N2O6/c15-10-7(1-5(22)3-20)11(16)9(12(18)24)14(17,13(19)25)8(10)2-6(23)4-21/h5-6,9,20-23H,1-4H2,(H2,18,24)(H2,19,25). The van der Waals surface area contributed by atoms with Crippen LogP contribution in [0.5, 0.6) is 0 Å². The number of rotatable bonds is 8. The highest BCUT2D eigenvalue weighted by molar-refractivity contribution is 14.1. The van der Waals surface area contributed by atoms with Crippen molar-refractivity contribution in [1.29, 1.82) is 0 Å². The maximum absolute atomic E-state index is 12.3. The number of carbonyl (C=O) groups excluding carboxylic acids is 2. The topological polar surface area (TPSA) is 167 Å². The van der Waals surface area contributed by atoms with Crippen molar-refractivity contribution in [2.24, 2.45) is 17.4 Å². The number of alkyl halides is 1. The van der Waals surface area contributed by atoms with E-state index in [1.165, 1.54) is 0 Å². The van der Waals surface area contributed by atoms with Gasteiger partial charge in [-0.2, -0.15) is 0 Å². The Morgan fingerprint density at radius 2 is 1.56 bits per heavy atom. The second kappa shape index (κ2) is 9.59. The van der Waals surface area contributed by atoms with Crippen LogP contribution in [-0.2, 0) is 9.59 Å². The molecule has 4 atom stereocenters. The van der Waals surface area contributed by atoms with Crippen LogP contribution in [0.2, 0.25) is 0 Å². The van der Waals surface area contributed by atoms with Gasteiger partial charge in [-0.25, -0.2) is 0 Å². The van der Waals surface area contributed by atoms with Gasteiger partial charge in [0.25, 0.3) is 0 Å². The molecule has 1 aliphatic carbocycles. The molecular weight excluding hydrogens is 673 g/mol. The van der Waals surface area contributed by atoms with E-state index >= 15 is 0 Å². The van der Waals surface area contributed by atoms with Gasteiger partial charge in [0.15, 0.2) is 0 Å². The first-order valence-electron chi connectivity index (χ1n) is 7.16. The largest absolute Gasteiger partial charge is 0.394 e. The summed E-state index contributed by atoms with van der Waals surface area (Å²) >= 11 is 5.62. The fraction of sp³-hybridized carbons (Fsp3) is 0.571. The minimum Gasteiger partial charge on any atom is -0.394 e. The summed E-state index contributed by atoms with van der Waals surface area (Å²) in [6.45, 7) is -1.01. The summed E-state index contributed by atoms with van der Waals surface area (Å²) in [7, 11) is 0. The van der Waals surface area contributed by atoms with Crippen molar-refractivity contribution in [2.75, 3.05) is 13.2 Å². The van der Waals surface area contributed by atoms with Crippen molar-refractivity contribution in [1.82, 2.24) is 0 Å². The molecule has 2 amide bonds. The Kier molecular flexibility index (Phi) is 9.01. The molecule has 0 fully saturated rings. The fourth-order valence-corrected chi connectivity index (χ4v) is 7.76. The number of nitrogens with two attached hydrogens (primary N) is 2. The zero-order valence-electron chi connectivity index (χ0n) is 13.0. The lowest BCUT2D eigenvalue weighted by Gasteiger charge is -2.40. The molecule has 0 bridgehead atoms. The highest BCUT2D eigenvalue weighted by atomic mass is 127. The number of aliphatic hydroxyl groups excluding tert-OH is 4. The first-order valence-corrected chi connectivity index (χ1v) is 10.4. The first kappa shape index (κ1) is 23.5. The van der Waals surface area contributed by atoms with Crippen LogP contribution in [-0.4, -0.2) is 61.1 Å². The Balaban J connectivity index is 3.66. The number of aliphatic hydroxyl groups is 4. The van der Waals surface area contributed by atoms with Gasteiger partial charge in [0.1, 0.15) is 3.42 Å². The van der Waals surface area contributed by atoms with Crippen molar-refractivity contribution in [3.63, 3.8) is 0 Å². The molecular formula is C14H19I3N2O6. The predicted molar refractivity (Wildman–Crippen MR) is 116 cm³/mol. The number of carbonyl (C=O) groups is 2. The molecule has 8 nitrogen and oxygen atoms in total. The summed E-state index contributed by atoms with van der Waals surface area (Å²) < 4.78 is -0.495. The lowest BCUT2D eigenvalue weighted by atomic mass is 9.76. The lowest BCUT2D eigenvalue weighted by molar-refractivity contribution is -0.126. The second-order valence-electron chi connectivity index (χ2n) is 5.61. The third kappa shape index (κ3) is 4.84. The Labute approximate surface area is 185 Å².